The Labute approximate surface area is 189 Å². The topological polar surface area (TPSA) is 71.7 Å². The molecule has 1 amide bonds. The molecule has 0 radical (unpaired) electrons. The summed E-state index contributed by atoms with van der Waals surface area (Å²) in [6.45, 7) is 9.24. The fourth-order valence-electron chi connectivity index (χ4n) is 4.19. The van der Waals surface area contributed by atoms with Crippen molar-refractivity contribution in [1.82, 2.24) is 14.9 Å². The molecule has 7 nitrogen and oxygen atoms in total. The Hall–Kier alpha value is -3.19. The first-order valence-corrected chi connectivity index (χ1v) is 11.0. The van der Waals surface area contributed by atoms with Crippen LogP contribution in [0.15, 0.2) is 41.0 Å². The predicted octanol–water partition coefficient (Wildman–Crippen LogP) is 3.69. The first-order valence-electron chi connectivity index (χ1n) is 11.0. The Balaban J connectivity index is 1.62. The molecule has 7 heteroatoms. The SMILES string of the molecule is COCc1nc(C)nc(N2CCN(C(=O)c3ccco3)CC2)c1Cc1cc(C)ccc1C. The number of ether oxygens (including phenoxy) is 1. The second kappa shape index (κ2) is 9.53. The number of piperazine rings is 1. The third-order valence-corrected chi connectivity index (χ3v) is 5.93. The monoisotopic (exact) mass is 434 g/mol. The minimum absolute atomic E-state index is 0.0656. The van der Waals surface area contributed by atoms with Crippen LogP contribution >= 0.6 is 0 Å². The Bertz CT molecular complexity index is 1090. The van der Waals surface area contributed by atoms with Crippen molar-refractivity contribution in [2.45, 2.75) is 33.8 Å². The van der Waals surface area contributed by atoms with Crippen LogP contribution in [0.3, 0.4) is 0 Å². The number of carbonyl (C=O) groups excluding carboxylic acids is 1. The van der Waals surface area contributed by atoms with E-state index in [0.717, 1.165) is 29.3 Å². The zero-order valence-electron chi connectivity index (χ0n) is 19.2. The average Bonchev–Trinajstić information content (AvgIpc) is 3.32. The standard InChI is InChI=1S/C25H30N4O3/c1-17-7-8-18(2)20(14-17)15-21-22(16-31-4)26-19(3)27-24(21)28-9-11-29(12-10-28)25(30)23-6-5-13-32-23/h5-8,13-14H,9-12,15-16H2,1-4H3. The summed E-state index contributed by atoms with van der Waals surface area (Å²) in [5.41, 5.74) is 5.77. The van der Waals surface area contributed by atoms with E-state index in [9.17, 15) is 4.79 Å². The maximum absolute atomic E-state index is 12.6. The van der Waals surface area contributed by atoms with Crippen LogP contribution in [0.25, 0.3) is 0 Å². The Kier molecular flexibility index (Phi) is 6.55. The molecule has 3 aromatic rings. The molecule has 4 rings (SSSR count). The van der Waals surface area contributed by atoms with Crippen molar-refractivity contribution in [3.8, 4) is 0 Å². The van der Waals surface area contributed by atoms with Crippen LogP contribution in [0, 0.1) is 20.8 Å². The van der Waals surface area contributed by atoms with E-state index in [1.807, 2.05) is 11.8 Å². The van der Waals surface area contributed by atoms with Crippen molar-refractivity contribution < 1.29 is 13.9 Å². The highest BCUT2D eigenvalue weighted by Crippen LogP contribution is 2.27. The summed E-state index contributed by atoms with van der Waals surface area (Å²) in [4.78, 5) is 26.3. The maximum Gasteiger partial charge on any atom is 0.289 e. The van der Waals surface area contributed by atoms with Crippen molar-refractivity contribution in [3.05, 3.63) is 76.1 Å². The number of furan rings is 1. The molecule has 168 valence electrons. The Morgan fingerprint density at radius 1 is 1.09 bits per heavy atom. The van der Waals surface area contributed by atoms with Crippen molar-refractivity contribution in [3.63, 3.8) is 0 Å². The van der Waals surface area contributed by atoms with Gasteiger partial charge in [0.15, 0.2) is 5.76 Å². The van der Waals surface area contributed by atoms with Crippen molar-refractivity contribution in [2.75, 3.05) is 38.2 Å². The molecule has 1 aromatic carbocycles. The Morgan fingerprint density at radius 2 is 1.88 bits per heavy atom. The minimum Gasteiger partial charge on any atom is -0.459 e. The van der Waals surface area contributed by atoms with Crippen LogP contribution in [0.5, 0.6) is 0 Å². The molecule has 1 saturated heterocycles. The lowest BCUT2D eigenvalue weighted by Gasteiger charge is -2.36. The number of methoxy groups -OCH3 is 1. The lowest BCUT2D eigenvalue weighted by atomic mass is 9.97. The van der Waals surface area contributed by atoms with Gasteiger partial charge in [-0.1, -0.05) is 23.8 Å². The minimum atomic E-state index is -0.0656. The summed E-state index contributed by atoms with van der Waals surface area (Å²) < 4.78 is 10.8. The van der Waals surface area contributed by atoms with Crippen LogP contribution in [0.2, 0.25) is 0 Å². The second-order valence-electron chi connectivity index (χ2n) is 8.32. The summed E-state index contributed by atoms with van der Waals surface area (Å²) in [6.07, 6.45) is 2.28. The molecule has 1 aliphatic rings. The van der Waals surface area contributed by atoms with E-state index in [1.165, 1.54) is 23.0 Å². The van der Waals surface area contributed by atoms with Gasteiger partial charge >= 0.3 is 0 Å². The highest BCUT2D eigenvalue weighted by molar-refractivity contribution is 5.91. The molecule has 2 aromatic heterocycles. The first-order chi connectivity index (χ1) is 15.5. The number of aryl methyl sites for hydroxylation is 3. The van der Waals surface area contributed by atoms with E-state index in [0.29, 0.717) is 38.5 Å². The molecule has 0 spiro atoms. The van der Waals surface area contributed by atoms with Crippen LogP contribution in [-0.4, -0.2) is 54.1 Å². The van der Waals surface area contributed by atoms with Crippen LogP contribution in [-0.2, 0) is 17.8 Å². The number of anilines is 1. The van der Waals surface area contributed by atoms with Gasteiger partial charge in [0.2, 0.25) is 0 Å². The second-order valence-corrected chi connectivity index (χ2v) is 8.32. The summed E-state index contributed by atoms with van der Waals surface area (Å²) in [5.74, 6) is 1.99. The van der Waals surface area contributed by atoms with E-state index in [-0.39, 0.29) is 5.91 Å². The van der Waals surface area contributed by atoms with Crippen LogP contribution < -0.4 is 4.90 Å². The van der Waals surface area contributed by atoms with Gasteiger partial charge in [-0.15, -0.1) is 0 Å². The van der Waals surface area contributed by atoms with Crippen molar-refractivity contribution in [1.29, 1.82) is 0 Å². The van der Waals surface area contributed by atoms with Crippen molar-refractivity contribution in [2.24, 2.45) is 0 Å². The average molecular weight is 435 g/mol. The molecule has 32 heavy (non-hydrogen) atoms. The number of hydrogen-bond donors (Lipinski definition) is 0. The van der Waals surface area contributed by atoms with Gasteiger partial charge in [-0.05, 0) is 44.0 Å². The molecule has 0 unspecified atom stereocenters. The number of aromatic nitrogens is 2. The van der Waals surface area contributed by atoms with Crippen LogP contribution in [0.4, 0.5) is 5.82 Å². The molecule has 0 atom stereocenters. The first kappa shape index (κ1) is 22.0. The Morgan fingerprint density at radius 3 is 2.56 bits per heavy atom. The van der Waals surface area contributed by atoms with Gasteiger partial charge < -0.3 is 19.0 Å². The summed E-state index contributed by atoms with van der Waals surface area (Å²) >= 11 is 0. The highest BCUT2D eigenvalue weighted by Gasteiger charge is 2.27. The molecule has 0 aliphatic carbocycles. The third-order valence-electron chi connectivity index (χ3n) is 5.93. The lowest BCUT2D eigenvalue weighted by Crippen LogP contribution is -2.49. The van der Waals surface area contributed by atoms with Gasteiger partial charge in [0.05, 0.1) is 18.6 Å². The maximum atomic E-state index is 12.6. The molecular formula is C25H30N4O3. The highest BCUT2D eigenvalue weighted by atomic mass is 16.5. The van der Waals surface area contributed by atoms with Crippen molar-refractivity contribution >= 4 is 11.7 Å². The molecule has 0 bridgehead atoms. The molecule has 0 saturated carbocycles. The van der Waals surface area contributed by atoms with E-state index >= 15 is 0 Å². The fourth-order valence-corrected chi connectivity index (χ4v) is 4.19. The summed E-state index contributed by atoms with van der Waals surface area (Å²) in [6, 6.07) is 9.98. The van der Waals surface area contributed by atoms with E-state index < -0.39 is 0 Å². The van der Waals surface area contributed by atoms with Gasteiger partial charge in [-0.3, -0.25) is 4.79 Å². The lowest BCUT2D eigenvalue weighted by molar-refractivity contribution is 0.0714. The summed E-state index contributed by atoms with van der Waals surface area (Å²) in [7, 11) is 1.69. The smallest absolute Gasteiger partial charge is 0.289 e. The largest absolute Gasteiger partial charge is 0.459 e. The number of amides is 1. The predicted molar refractivity (Wildman–Crippen MR) is 123 cm³/mol. The zero-order valence-corrected chi connectivity index (χ0v) is 19.2. The number of rotatable bonds is 6. The van der Waals surface area contributed by atoms with Gasteiger partial charge in [0, 0.05) is 45.3 Å². The number of carbonyl (C=O) groups is 1. The third kappa shape index (κ3) is 4.67. The van der Waals surface area contributed by atoms with E-state index in [2.05, 4.69) is 36.9 Å². The normalized spacial score (nSPS) is 14.1. The molecule has 0 N–H and O–H groups in total. The zero-order chi connectivity index (χ0) is 22.7. The quantitative estimate of drug-likeness (QED) is 0.589. The summed E-state index contributed by atoms with van der Waals surface area (Å²) in [5, 5.41) is 0. The molecular weight excluding hydrogens is 404 g/mol. The van der Waals surface area contributed by atoms with Gasteiger partial charge in [-0.2, -0.15) is 0 Å². The van der Waals surface area contributed by atoms with Gasteiger partial charge in [0.1, 0.15) is 11.6 Å². The van der Waals surface area contributed by atoms with E-state index in [1.54, 1.807) is 19.2 Å². The van der Waals surface area contributed by atoms with Gasteiger partial charge in [0.25, 0.3) is 5.91 Å². The van der Waals surface area contributed by atoms with E-state index in [4.69, 9.17) is 19.1 Å². The number of nitrogens with zero attached hydrogens (tertiary/aromatic N) is 4. The molecule has 1 aliphatic heterocycles. The fraction of sp³-hybridized carbons (Fsp3) is 0.400. The number of benzene rings is 1. The van der Waals surface area contributed by atoms with Gasteiger partial charge in [-0.25, -0.2) is 9.97 Å². The van der Waals surface area contributed by atoms with Crippen LogP contribution in [0.1, 0.15) is 44.3 Å². The molecule has 1 fully saturated rings. The molecule has 3 heterocycles. The number of hydrogen-bond acceptors (Lipinski definition) is 6.